The number of aromatic nitrogens is 2. The van der Waals surface area contributed by atoms with Gasteiger partial charge in [0.15, 0.2) is 0 Å². The van der Waals surface area contributed by atoms with Crippen molar-refractivity contribution in [1.29, 1.82) is 0 Å². The first-order valence-corrected chi connectivity index (χ1v) is 9.67. The van der Waals surface area contributed by atoms with Gasteiger partial charge in [-0.3, -0.25) is 9.80 Å². The highest BCUT2D eigenvalue weighted by molar-refractivity contribution is 7.07. The number of thiophene rings is 1. The number of hydrogen-bond donors (Lipinski definition) is 0. The fourth-order valence-electron chi connectivity index (χ4n) is 4.02. The zero-order chi connectivity index (χ0) is 16.4. The Hall–Kier alpha value is -1.21. The molecule has 1 atom stereocenters. The molecule has 0 N–H and O–H groups in total. The Morgan fingerprint density at radius 2 is 2.12 bits per heavy atom. The van der Waals surface area contributed by atoms with E-state index in [2.05, 4.69) is 43.2 Å². The van der Waals surface area contributed by atoms with Crippen LogP contribution >= 0.6 is 11.3 Å². The van der Waals surface area contributed by atoms with Gasteiger partial charge in [-0.1, -0.05) is 0 Å². The molecule has 0 saturated carbocycles. The van der Waals surface area contributed by atoms with Gasteiger partial charge in [-0.25, -0.2) is 4.98 Å². The smallest absolute Gasteiger partial charge is 0.122 e. The van der Waals surface area contributed by atoms with Gasteiger partial charge >= 0.3 is 0 Å². The molecule has 1 spiro atoms. The molecule has 2 aromatic heterocycles. The van der Waals surface area contributed by atoms with E-state index < -0.39 is 0 Å². The van der Waals surface area contributed by atoms with Gasteiger partial charge in [-0.15, -0.1) is 0 Å². The Morgan fingerprint density at radius 3 is 2.88 bits per heavy atom. The lowest BCUT2D eigenvalue weighted by atomic mass is 9.87. The molecule has 5 nitrogen and oxygen atoms in total. The standard InChI is InChI=1S/C18H26N4OS/c1-20-6-4-19-17(20)11-21-5-3-18(13-21)14-22(7-8-23-15-18)10-16-2-9-24-12-16/h2,4,6,9,12H,3,5,7-8,10-11,13-15H2,1H3/t18-/m0/s1. The fourth-order valence-corrected chi connectivity index (χ4v) is 4.68. The van der Waals surface area contributed by atoms with Gasteiger partial charge in [0.05, 0.1) is 19.8 Å². The van der Waals surface area contributed by atoms with Gasteiger partial charge in [0, 0.05) is 51.0 Å². The second kappa shape index (κ2) is 6.96. The highest BCUT2D eigenvalue weighted by Crippen LogP contribution is 2.34. The molecule has 6 heteroatoms. The topological polar surface area (TPSA) is 33.5 Å². The zero-order valence-corrected chi connectivity index (χ0v) is 15.2. The number of imidazole rings is 1. The molecule has 2 saturated heterocycles. The number of rotatable bonds is 4. The van der Waals surface area contributed by atoms with Crippen molar-refractivity contribution in [2.24, 2.45) is 12.5 Å². The molecule has 130 valence electrons. The van der Waals surface area contributed by atoms with Crippen LogP contribution in [0.2, 0.25) is 0 Å². The van der Waals surface area contributed by atoms with Crippen molar-refractivity contribution in [2.75, 3.05) is 39.4 Å². The zero-order valence-electron chi connectivity index (χ0n) is 14.4. The number of aryl methyl sites for hydroxylation is 1. The summed E-state index contributed by atoms with van der Waals surface area (Å²) in [6.45, 7) is 8.17. The molecular weight excluding hydrogens is 320 g/mol. The molecule has 2 aliphatic rings. The molecule has 0 radical (unpaired) electrons. The first-order valence-electron chi connectivity index (χ1n) is 8.72. The van der Waals surface area contributed by atoms with Crippen molar-refractivity contribution in [3.05, 3.63) is 40.6 Å². The molecule has 0 unspecified atom stereocenters. The van der Waals surface area contributed by atoms with E-state index in [1.807, 2.05) is 12.4 Å². The molecule has 2 aliphatic heterocycles. The number of hydrogen-bond acceptors (Lipinski definition) is 5. The van der Waals surface area contributed by atoms with Crippen molar-refractivity contribution in [2.45, 2.75) is 19.5 Å². The van der Waals surface area contributed by atoms with Crippen LogP contribution in [0.4, 0.5) is 0 Å². The predicted octanol–water partition coefficient (Wildman–Crippen LogP) is 2.21. The van der Waals surface area contributed by atoms with Crippen molar-refractivity contribution >= 4 is 11.3 Å². The Morgan fingerprint density at radius 1 is 1.25 bits per heavy atom. The van der Waals surface area contributed by atoms with Gasteiger partial charge in [0.25, 0.3) is 0 Å². The Labute approximate surface area is 147 Å². The third-order valence-electron chi connectivity index (χ3n) is 5.31. The molecule has 0 aliphatic carbocycles. The maximum absolute atomic E-state index is 6.00. The first kappa shape index (κ1) is 16.3. The average Bonchev–Trinajstić information content (AvgIpc) is 3.26. The largest absolute Gasteiger partial charge is 0.379 e. The summed E-state index contributed by atoms with van der Waals surface area (Å²) in [4.78, 5) is 9.60. The van der Waals surface area contributed by atoms with Crippen molar-refractivity contribution in [1.82, 2.24) is 19.4 Å². The van der Waals surface area contributed by atoms with E-state index in [9.17, 15) is 0 Å². The molecular formula is C18H26N4OS. The maximum Gasteiger partial charge on any atom is 0.122 e. The average molecular weight is 347 g/mol. The Kier molecular flexibility index (Phi) is 4.72. The quantitative estimate of drug-likeness (QED) is 0.850. The van der Waals surface area contributed by atoms with Crippen molar-refractivity contribution < 1.29 is 4.74 Å². The minimum atomic E-state index is 0.275. The number of likely N-dealkylation sites (tertiary alicyclic amines) is 1. The second-order valence-corrected chi connectivity index (χ2v) is 8.09. The third-order valence-corrected chi connectivity index (χ3v) is 6.04. The minimum Gasteiger partial charge on any atom is -0.379 e. The molecule has 0 bridgehead atoms. The van der Waals surface area contributed by atoms with Crippen LogP contribution in [0.25, 0.3) is 0 Å². The summed E-state index contributed by atoms with van der Waals surface area (Å²) in [6, 6.07) is 2.24. The van der Waals surface area contributed by atoms with Crippen LogP contribution in [0.1, 0.15) is 17.8 Å². The summed E-state index contributed by atoms with van der Waals surface area (Å²) in [5, 5.41) is 4.43. The monoisotopic (exact) mass is 346 g/mol. The van der Waals surface area contributed by atoms with E-state index in [1.54, 1.807) is 11.3 Å². The lowest BCUT2D eigenvalue weighted by molar-refractivity contribution is 0.0704. The van der Waals surface area contributed by atoms with Crippen LogP contribution in [-0.2, 0) is 24.9 Å². The van der Waals surface area contributed by atoms with Gasteiger partial charge in [-0.05, 0) is 35.4 Å². The molecule has 4 rings (SSSR count). The third kappa shape index (κ3) is 3.57. The Balaban J connectivity index is 1.41. The van der Waals surface area contributed by atoms with Gasteiger partial charge in [-0.2, -0.15) is 11.3 Å². The second-order valence-electron chi connectivity index (χ2n) is 7.31. The minimum absolute atomic E-state index is 0.275. The predicted molar refractivity (Wildman–Crippen MR) is 96.0 cm³/mol. The van der Waals surface area contributed by atoms with Gasteiger partial charge < -0.3 is 9.30 Å². The van der Waals surface area contributed by atoms with Crippen LogP contribution in [0, 0.1) is 5.41 Å². The van der Waals surface area contributed by atoms with E-state index in [-0.39, 0.29) is 5.41 Å². The Bertz CT molecular complexity index is 656. The fraction of sp³-hybridized carbons (Fsp3) is 0.611. The first-order chi connectivity index (χ1) is 11.7. The van der Waals surface area contributed by atoms with Crippen LogP contribution < -0.4 is 0 Å². The molecule has 4 heterocycles. The van der Waals surface area contributed by atoms with E-state index in [0.29, 0.717) is 0 Å². The molecule has 0 aromatic carbocycles. The summed E-state index contributed by atoms with van der Waals surface area (Å²) < 4.78 is 8.12. The van der Waals surface area contributed by atoms with E-state index >= 15 is 0 Å². The summed E-state index contributed by atoms with van der Waals surface area (Å²) in [6.07, 6.45) is 5.13. The van der Waals surface area contributed by atoms with E-state index in [4.69, 9.17) is 4.74 Å². The van der Waals surface area contributed by atoms with Gasteiger partial charge in [0.2, 0.25) is 0 Å². The summed E-state index contributed by atoms with van der Waals surface area (Å²) in [5.74, 6) is 1.15. The highest BCUT2D eigenvalue weighted by atomic mass is 32.1. The SMILES string of the molecule is Cn1ccnc1CN1CC[C@]2(COCCN(Cc3ccsc3)C2)C1. The van der Waals surface area contributed by atoms with Crippen LogP contribution in [0.15, 0.2) is 29.2 Å². The molecule has 2 aromatic rings. The van der Waals surface area contributed by atoms with Crippen molar-refractivity contribution in [3.8, 4) is 0 Å². The number of nitrogens with zero attached hydrogens (tertiary/aromatic N) is 4. The van der Waals surface area contributed by atoms with Crippen molar-refractivity contribution in [3.63, 3.8) is 0 Å². The lowest BCUT2D eigenvalue weighted by Crippen LogP contribution is -2.40. The molecule has 2 fully saturated rings. The van der Waals surface area contributed by atoms with E-state index in [1.165, 1.54) is 12.0 Å². The summed E-state index contributed by atoms with van der Waals surface area (Å²) in [5.41, 5.74) is 1.71. The summed E-state index contributed by atoms with van der Waals surface area (Å²) in [7, 11) is 2.07. The highest BCUT2D eigenvalue weighted by Gasteiger charge is 2.41. The molecule has 24 heavy (non-hydrogen) atoms. The van der Waals surface area contributed by atoms with Gasteiger partial charge in [0.1, 0.15) is 5.82 Å². The molecule has 0 amide bonds. The van der Waals surface area contributed by atoms with E-state index in [0.717, 1.165) is 58.3 Å². The van der Waals surface area contributed by atoms with Crippen LogP contribution in [0.3, 0.4) is 0 Å². The maximum atomic E-state index is 6.00. The normalized spacial score (nSPS) is 26.2. The number of ether oxygens (including phenoxy) is 1. The van der Waals surface area contributed by atoms with Crippen LogP contribution in [0.5, 0.6) is 0 Å². The summed E-state index contributed by atoms with van der Waals surface area (Å²) >= 11 is 1.79. The van der Waals surface area contributed by atoms with Crippen LogP contribution in [-0.4, -0.2) is 58.7 Å². The lowest BCUT2D eigenvalue weighted by Gasteiger charge is -2.31.